The highest BCUT2D eigenvalue weighted by Gasteiger charge is 2.25. The summed E-state index contributed by atoms with van der Waals surface area (Å²) in [6.07, 6.45) is 4.07. The van der Waals surface area contributed by atoms with Crippen molar-refractivity contribution in [2.24, 2.45) is 5.92 Å². The van der Waals surface area contributed by atoms with E-state index in [0.717, 1.165) is 37.9 Å². The average molecular weight is 315 g/mol. The average Bonchev–Trinajstić information content (AvgIpc) is 2.87. The van der Waals surface area contributed by atoms with E-state index in [1.165, 1.54) is 0 Å². The minimum atomic E-state index is 0. The van der Waals surface area contributed by atoms with Crippen LogP contribution in [0.25, 0.3) is 0 Å². The molecule has 0 spiro atoms. The second kappa shape index (κ2) is 8.39. The van der Waals surface area contributed by atoms with Crippen molar-refractivity contribution in [1.29, 1.82) is 0 Å². The second-order valence-corrected chi connectivity index (χ2v) is 5.96. The van der Waals surface area contributed by atoms with E-state index in [1.54, 1.807) is 0 Å². The van der Waals surface area contributed by atoms with Crippen molar-refractivity contribution in [2.45, 2.75) is 58.4 Å². The van der Waals surface area contributed by atoms with Crippen LogP contribution in [0, 0.1) is 5.92 Å². The van der Waals surface area contributed by atoms with Gasteiger partial charge in [0.2, 0.25) is 5.91 Å². The van der Waals surface area contributed by atoms with Gasteiger partial charge in [0.1, 0.15) is 0 Å². The van der Waals surface area contributed by atoms with Gasteiger partial charge in [0.15, 0.2) is 5.82 Å². The van der Waals surface area contributed by atoms with Crippen LogP contribution >= 0.6 is 12.4 Å². The van der Waals surface area contributed by atoms with Gasteiger partial charge in [-0.25, -0.2) is 0 Å². The predicted octanol–water partition coefficient (Wildman–Crippen LogP) is 3.06. The molecular weight excluding hydrogens is 288 g/mol. The highest BCUT2D eigenvalue weighted by Crippen LogP contribution is 2.22. The van der Waals surface area contributed by atoms with Gasteiger partial charge in [-0.3, -0.25) is 9.89 Å². The van der Waals surface area contributed by atoms with Crippen molar-refractivity contribution in [3.8, 4) is 0 Å². The van der Waals surface area contributed by atoms with Gasteiger partial charge in [0.25, 0.3) is 0 Å². The summed E-state index contributed by atoms with van der Waals surface area (Å²) in [5.74, 6) is 1.30. The Labute approximate surface area is 133 Å². The maximum absolute atomic E-state index is 12.2. The number of rotatable bonds is 5. The predicted molar refractivity (Wildman–Crippen MR) is 88.0 cm³/mol. The van der Waals surface area contributed by atoms with Crippen LogP contribution in [0.1, 0.15) is 58.1 Å². The smallest absolute Gasteiger partial charge is 0.228 e. The Hall–Kier alpha value is -1.07. The number of anilines is 1. The Bertz CT molecular complexity index is 449. The molecule has 6 heteroatoms. The quantitative estimate of drug-likeness (QED) is 0.782. The monoisotopic (exact) mass is 314 g/mol. The number of nitrogens with one attached hydrogen (secondary N) is 3. The summed E-state index contributed by atoms with van der Waals surface area (Å²) in [5.41, 5.74) is 1.10. The zero-order chi connectivity index (χ0) is 14.5. The van der Waals surface area contributed by atoms with Crippen molar-refractivity contribution in [2.75, 3.05) is 11.9 Å². The normalized spacial score (nSPS) is 23.2. The van der Waals surface area contributed by atoms with Crippen molar-refractivity contribution < 1.29 is 4.79 Å². The number of carbonyl (C=O) groups is 1. The number of halogens is 1. The van der Waals surface area contributed by atoms with Crippen molar-refractivity contribution in [3.63, 3.8) is 0 Å². The molecule has 1 aliphatic heterocycles. The number of nitrogens with zero attached hydrogens (tertiary/aromatic N) is 1. The standard InChI is InChI=1S/C15H26N4O.ClH/c1-4-5-10(2)13-9-14(19-18-13)17-15(20)12-6-7-16-11(3)8-12;/h9-12,16H,4-8H2,1-3H3,(H2,17,18,19,20);1H/t10?,11-,12-;/m0./s1. The summed E-state index contributed by atoms with van der Waals surface area (Å²) in [7, 11) is 0. The van der Waals surface area contributed by atoms with Crippen LogP contribution in [-0.2, 0) is 4.79 Å². The fraction of sp³-hybridized carbons (Fsp3) is 0.733. The number of amides is 1. The minimum Gasteiger partial charge on any atom is -0.314 e. The topological polar surface area (TPSA) is 69.8 Å². The first-order chi connectivity index (χ1) is 9.60. The van der Waals surface area contributed by atoms with Gasteiger partial charge in [-0.1, -0.05) is 20.3 Å². The molecule has 3 atom stereocenters. The van der Waals surface area contributed by atoms with E-state index in [1.807, 2.05) is 6.07 Å². The Balaban J connectivity index is 0.00000220. The fourth-order valence-electron chi connectivity index (χ4n) is 2.84. The highest BCUT2D eigenvalue weighted by molar-refractivity contribution is 5.91. The molecule has 2 rings (SSSR count). The van der Waals surface area contributed by atoms with E-state index in [-0.39, 0.29) is 24.2 Å². The number of H-pyrrole nitrogens is 1. The summed E-state index contributed by atoms with van der Waals surface area (Å²) in [6, 6.07) is 2.38. The van der Waals surface area contributed by atoms with Gasteiger partial charge in [-0.05, 0) is 38.6 Å². The first kappa shape index (κ1) is 18.0. The molecule has 1 fully saturated rings. The SMILES string of the molecule is CCCC(C)c1cc(NC(=O)[C@H]2CCN[C@@H](C)C2)n[nH]1.Cl. The van der Waals surface area contributed by atoms with Gasteiger partial charge < -0.3 is 10.6 Å². The lowest BCUT2D eigenvalue weighted by molar-refractivity contribution is -0.120. The molecule has 5 nitrogen and oxygen atoms in total. The zero-order valence-electron chi connectivity index (χ0n) is 13.1. The van der Waals surface area contributed by atoms with Crippen molar-refractivity contribution >= 4 is 24.1 Å². The third-order valence-corrected chi connectivity index (χ3v) is 4.10. The number of aromatic nitrogens is 2. The Morgan fingerprint density at radius 3 is 3.00 bits per heavy atom. The molecule has 0 bridgehead atoms. The molecule has 2 heterocycles. The molecule has 21 heavy (non-hydrogen) atoms. The minimum absolute atomic E-state index is 0. The van der Waals surface area contributed by atoms with E-state index in [4.69, 9.17) is 0 Å². The van der Waals surface area contributed by atoms with E-state index >= 15 is 0 Å². The van der Waals surface area contributed by atoms with Gasteiger partial charge in [-0.2, -0.15) is 5.10 Å². The third kappa shape index (κ3) is 5.00. The Morgan fingerprint density at radius 2 is 2.33 bits per heavy atom. The largest absolute Gasteiger partial charge is 0.314 e. The maximum atomic E-state index is 12.2. The fourth-order valence-corrected chi connectivity index (χ4v) is 2.84. The molecule has 0 radical (unpaired) electrons. The molecule has 1 saturated heterocycles. The van der Waals surface area contributed by atoms with Crippen LogP contribution in [0.3, 0.4) is 0 Å². The molecule has 1 aliphatic rings. The number of aromatic amines is 1. The van der Waals surface area contributed by atoms with Crippen LogP contribution in [0.15, 0.2) is 6.07 Å². The lowest BCUT2D eigenvalue weighted by atomic mass is 9.92. The summed E-state index contributed by atoms with van der Waals surface area (Å²) in [4.78, 5) is 12.2. The lowest BCUT2D eigenvalue weighted by Gasteiger charge is -2.26. The molecule has 1 unspecified atom stereocenters. The van der Waals surface area contributed by atoms with Crippen LogP contribution in [0.4, 0.5) is 5.82 Å². The first-order valence-corrected chi connectivity index (χ1v) is 7.69. The molecule has 0 aromatic carbocycles. The van der Waals surface area contributed by atoms with Crippen molar-refractivity contribution in [3.05, 3.63) is 11.8 Å². The number of hydrogen-bond donors (Lipinski definition) is 3. The number of carbonyl (C=O) groups excluding carboxylic acids is 1. The Kier molecular flexibility index (Phi) is 7.18. The Morgan fingerprint density at radius 1 is 1.57 bits per heavy atom. The van der Waals surface area contributed by atoms with Gasteiger partial charge in [0.05, 0.1) is 0 Å². The van der Waals surface area contributed by atoms with Crippen molar-refractivity contribution in [1.82, 2.24) is 15.5 Å². The van der Waals surface area contributed by atoms with Crippen LogP contribution < -0.4 is 10.6 Å². The molecule has 1 amide bonds. The van der Waals surface area contributed by atoms with Gasteiger partial charge >= 0.3 is 0 Å². The van der Waals surface area contributed by atoms with E-state index in [9.17, 15) is 4.79 Å². The molecular formula is C15H27ClN4O. The second-order valence-electron chi connectivity index (χ2n) is 5.96. The third-order valence-electron chi connectivity index (χ3n) is 4.10. The summed E-state index contributed by atoms with van der Waals surface area (Å²) >= 11 is 0. The summed E-state index contributed by atoms with van der Waals surface area (Å²) in [5, 5.41) is 13.5. The lowest BCUT2D eigenvalue weighted by Crippen LogP contribution is -2.40. The number of hydrogen-bond acceptors (Lipinski definition) is 3. The number of piperidine rings is 1. The summed E-state index contributed by atoms with van der Waals surface area (Å²) in [6.45, 7) is 7.39. The molecule has 120 valence electrons. The van der Waals surface area contributed by atoms with E-state index in [0.29, 0.717) is 17.8 Å². The maximum Gasteiger partial charge on any atom is 0.228 e. The van der Waals surface area contributed by atoms with Gasteiger partial charge in [-0.15, -0.1) is 12.4 Å². The van der Waals surface area contributed by atoms with Crippen LogP contribution in [-0.4, -0.2) is 28.7 Å². The molecule has 3 N–H and O–H groups in total. The van der Waals surface area contributed by atoms with Gasteiger partial charge in [0, 0.05) is 23.7 Å². The first-order valence-electron chi connectivity index (χ1n) is 7.69. The molecule has 1 aromatic heterocycles. The van der Waals surface area contributed by atoms with Crippen LogP contribution in [0.2, 0.25) is 0 Å². The van der Waals surface area contributed by atoms with Crippen LogP contribution in [0.5, 0.6) is 0 Å². The van der Waals surface area contributed by atoms with E-state index in [2.05, 4.69) is 41.6 Å². The molecule has 0 aliphatic carbocycles. The zero-order valence-corrected chi connectivity index (χ0v) is 13.9. The molecule has 0 saturated carbocycles. The molecule has 1 aromatic rings. The van der Waals surface area contributed by atoms with E-state index < -0.39 is 0 Å². The highest BCUT2D eigenvalue weighted by atomic mass is 35.5. The summed E-state index contributed by atoms with van der Waals surface area (Å²) < 4.78 is 0.